The van der Waals surface area contributed by atoms with Crippen LogP contribution in [0.25, 0.3) is 0 Å². The van der Waals surface area contributed by atoms with Crippen LogP contribution in [0.15, 0.2) is 27.2 Å². The number of hydrogen-bond acceptors (Lipinski definition) is 2. The molecule has 88 valence electrons. The van der Waals surface area contributed by atoms with E-state index in [0.29, 0.717) is 5.92 Å². The highest BCUT2D eigenvalue weighted by atomic mass is 79.9. The lowest BCUT2D eigenvalue weighted by molar-refractivity contribution is -0.385. The van der Waals surface area contributed by atoms with E-state index in [9.17, 15) is 10.1 Å². The summed E-state index contributed by atoms with van der Waals surface area (Å²) >= 11 is 6.94. The van der Waals surface area contributed by atoms with Crippen LogP contribution in [-0.4, -0.2) is 4.92 Å². The van der Waals surface area contributed by atoms with Crippen molar-refractivity contribution in [2.24, 2.45) is 0 Å². The Balaban J connectivity index is 2.26. The summed E-state index contributed by atoms with van der Waals surface area (Å²) < 4.78 is 0.961. The number of nitro groups is 1. The number of nitro benzene ring substituents is 1. The molecule has 0 amide bonds. The van der Waals surface area contributed by atoms with Gasteiger partial charge < -0.3 is 0 Å². The summed E-state index contributed by atoms with van der Waals surface area (Å²) in [6.07, 6.45) is 2.10. The standard InChI is InChI=1S/C12H9Br2NO2/c13-12(14)11-7-4-5-8(11)10-6(7)2-1-3-9(10)15(16)17/h1-3,7-8H,4-5H2. The summed E-state index contributed by atoms with van der Waals surface area (Å²) in [6.45, 7) is 0. The highest BCUT2D eigenvalue weighted by Gasteiger charge is 2.46. The molecule has 1 fully saturated rings. The molecule has 2 aliphatic carbocycles. The van der Waals surface area contributed by atoms with Crippen molar-refractivity contribution in [1.29, 1.82) is 0 Å². The van der Waals surface area contributed by atoms with E-state index < -0.39 is 0 Å². The van der Waals surface area contributed by atoms with Crippen LogP contribution in [0.2, 0.25) is 0 Å². The first-order valence-corrected chi connectivity index (χ1v) is 7.02. The topological polar surface area (TPSA) is 43.1 Å². The van der Waals surface area contributed by atoms with E-state index in [0.717, 1.165) is 27.4 Å². The zero-order valence-corrected chi connectivity index (χ0v) is 12.0. The van der Waals surface area contributed by atoms with E-state index in [4.69, 9.17) is 0 Å². The van der Waals surface area contributed by atoms with Gasteiger partial charge in [-0.2, -0.15) is 0 Å². The Morgan fingerprint density at radius 2 is 2.00 bits per heavy atom. The normalized spacial score (nSPS) is 24.9. The zero-order valence-electron chi connectivity index (χ0n) is 8.82. The minimum atomic E-state index is -0.265. The maximum absolute atomic E-state index is 11.1. The van der Waals surface area contributed by atoms with Crippen LogP contribution in [0.3, 0.4) is 0 Å². The minimum absolute atomic E-state index is 0.213. The van der Waals surface area contributed by atoms with Crippen molar-refractivity contribution in [3.05, 3.63) is 48.4 Å². The Labute approximate surface area is 115 Å². The predicted octanol–water partition coefficient (Wildman–Crippen LogP) is 4.57. The minimum Gasteiger partial charge on any atom is -0.258 e. The molecular weight excluding hydrogens is 350 g/mol. The third-order valence-electron chi connectivity index (χ3n) is 3.75. The first kappa shape index (κ1) is 11.4. The second kappa shape index (κ2) is 3.92. The van der Waals surface area contributed by atoms with Crippen LogP contribution < -0.4 is 0 Å². The van der Waals surface area contributed by atoms with Crippen LogP contribution in [0.4, 0.5) is 5.69 Å². The Morgan fingerprint density at radius 1 is 1.29 bits per heavy atom. The van der Waals surface area contributed by atoms with Crippen molar-refractivity contribution < 1.29 is 4.92 Å². The molecule has 0 radical (unpaired) electrons. The molecule has 1 aromatic rings. The Morgan fingerprint density at radius 3 is 2.65 bits per heavy atom. The van der Waals surface area contributed by atoms with Crippen molar-refractivity contribution in [3.63, 3.8) is 0 Å². The van der Waals surface area contributed by atoms with Gasteiger partial charge in [0.1, 0.15) is 0 Å². The molecule has 2 bridgehead atoms. The first-order chi connectivity index (χ1) is 8.11. The smallest absolute Gasteiger partial charge is 0.258 e. The number of fused-ring (bicyclic) bond motifs is 5. The number of allylic oxidation sites excluding steroid dienone is 1. The summed E-state index contributed by atoms with van der Waals surface area (Å²) in [7, 11) is 0. The molecule has 3 rings (SSSR count). The molecular formula is C12H9Br2NO2. The second-order valence-corrected chi connectivity index (χ2v) is 7.09. The summed E-state index contributed by atoms with van der Waals surface area (Å²) in [5.41, 5.74) is 3.62. The van der Waals surface area contributed by atoms with Crippen molar-refractivity contribution in [1.82, 2.24) is 0 Å². The Kier molecular flexibility index (Phi) is 2.63. The van der Waals surface area contributed by atoms with Gasteiger partial charge in [-0.15, -0.1) is 0 Å². The number of benzene rings is 1. The van der Waals surface area contributed by atoms with Gasteiger partial charge in [-0.1, -0.05) is 12.1 Å². The lowest BCUT2D eigenvalue weighted by Crippen LogP contribution is -2.02. The fourth-order valence-electron chi connectivity index (χ4n) is 3.19. The van der Waals surface area contributed by atoms with Gasteiger partial charge in [-0.3, -0.25) is 10.1 Å². The molecule has 0 aliphatic heterocycles. The molecule has 3 nitrogen and oxygen atoms in total. The highest BCUT2D eigenvalue weighted by Crippen LogP contribution is 2.61. The van der Waals surface area contributed by atoms with E-state index in [2.05, 4.69) is 31.9 Å². The monoisotopic (exact) mass is 357 g/mol. The summed E-state index contributed by atoms with van der Waals surface area (Å²) in [5.74, 6) is 0.564. The number of halogens is 2. The third kappa shape index (κ3) is 1.52. The van der Waals surface area contributed by atoms with E-state index in [-0.39, 0.29) is 16.5 Å². The van der Waals surface area contributed by atoms with Crippen molar-refractivity contribution in [3.8, 4) is 0 Å². The fraction of sp³-hybridized carbons (Fsp3) is 0.333. The van der Waals surface area contributed by atoms with Crippen LogP contribution in [-0.2, 0) is 0 Å². The molecule has 0 spiro atoms. The molecule has 2 aliphatic rings. The first-order valence-electron chi connectivity index (χ1n) is 5.43. The average Bonchev–Trinajstić information content (AvgIpc) is 2.84. The quantitative estimate of drug-likeness (QED) is 0.545. The van der Waals surface area contributed by atoms with Crippen LogP contribution >= 0.6 is 31.9 Å². The molecule has 17 heavy (non-hydrogen) atoms. The average molecular weight is 359 g/mol. The van der Waals surface area contributed by atoms with Gasteiger partial charge >= 0.3 is 0 Å². The van der Waals surface area contributed by atoms with Gasteiger partial charge in [0, 0.05) is 23.5 Å². The van der Waals surface area contributed by atoms with Crippen molar-refractivity contribution >= 4 is 37.5 Å². The summed E-state index contributed by atoms with van der Waals surface area (Å²) in [6, 6.07) is 5.42. The van der Waals surface area contributed by atoms with Gasteiger partial charge in [0.25, 0.3) is 5.69 Å². The zero-order chi connectivity index (χ0) is 12.2. The van der Waals surface area contributed by atoms with E-state index in [1.54, 1.807) is 12.1 Å². The number of hydrogen-bond donors (Lipinski definition) is 0. The Bertz CT molecular complexity index is 549. The fourth-order valence-corrected chi connectivity index (χ4v) is 4.29. The van der Waals surface area contributed by atoms with Gasteiger partial charge in [-0.05, 0) is 55.8 Å². The molecule has 0 saturated heterocycles. The summed E-state index contributed by atoms with van der Waals surface area (Å²) in [4.78, 5) is 10.8. The van der Waals surface area contributed by atoms with Crippen molar-refractivity contribution in [2.75, 3.05) is 0 Å². The summed E-state index contributed by atoms with van der Waals surface area (Å²) in [5, 5.41) is 11.1. The number of rotatable bonds is 1. The largest absolute Gasteiger partial charge is 0.273 e. The molecule has 1 aromatic carbocycles. The predicted molar refractivity (Wildman–Crippen MR) is 72.7 cm³/mol. The lowest BCUT2D eigenvalue weighted by Gasteiger charge is -2.13. The molecule has 5 heteroatoms. The third-order valence-corrected chi connectivity index (χ3v) is 4.67. The molecule has 2 unspecified atom stereocenters. The molecule has 0 N–H and O–H groups in total. The molecule has 2 atom stereocenters. The van der Waals surface area contributed by atoms with E-state index >= 15 is 0 Å². The van der Waals surface area contributed by atoms with E-state index in [1.165, 1.54) is 5.57 Å². The van der Waals surface area contributed by atoms with Crippen LogP contribution in [0.1, 0.15) is 35.8 Å². The molecule has 0 heterocycles. The number of nitrogens with zero attached hydrogens (tertiary/aromatic N) is 1. The Hall–Kier alpha value is -0.680. The maximum Gasteiger partial charge on any atom is 0.273 e. The van der Waals surface area contributed by atoms with Crippen molar-refractivity contribution in [2.45, 2.75) is 24.7 Å². The lowest BCUT2D eigenvalue weighted by atomic mass is 9.91. The van der Waals surface area contributed by atoms with Gasteiger partial charge in [0.05, 0.1) is 8.31 Å². The maximum atomic E-state index is 11.1. The van der Waals surface area contributed by atoms with Gasteiger partial charge in [0.2, 0.25) is 0 Å². The molecule has 0 aromatic heterocycles. The second-order valence-electron chi connectivity index (χ2n) is 4.44. The van der Waals surface area contributed by atoms with Gasteiger partial charge in [0.15, 0.2) is 0 Å². The highest BCUT2D eigenvalue weighted by molar-refractivity contribution is 9.28. The van der Waals surface area contributed by atoms with Crippen LogP contribution in [0, 0.1) is 10.1 Å². The molecule has 1 saturated carbocycles. The van der Waals surface area contributed by atoms with E-state index in [1.807, 2.05) is 6.07 Å². The van der Waals surface area contributed by atoms with Gasteiger partial charge in [-0.25, -0.2) is 0 Å². The SMILES string of the molecule is O=[N+]([O-])c1cccc2c1C1CCC2C1=C(Br)Br. The van der Waals surface area contributed by atoms with Crippen LogP contribution in [0.5, 0.6) is 0 Å².